The first-order chi connectivity index (χ1) is 9.61. The van der Waals surface area contributed by atoms with E-state index in [1.54, 1.807) is 4.90 Å². The van der Waals surface area contributed by atoms with Crippen molar-refractivity contribution in [1.29, 1.82) is 5.26 Å². The molecule has 2 rings (SSSR count). The van der Waals surface area contributed by atoms with E-state index >= 15 is 0 Å². The highest BCUT2D eigenvalue weighted by molar-refractivity contribution is 5.90. The molecule has 104 valence electrons. The number of amides is 2. The average molecular weight is 274 g/mol. The Morgan fingerprint density at radius 1 is 1.50 bits per heavy atom. The van der Waals surface area contributed by atoms with Gasteiger partial charge in [-0.05, 0) is 25.0 Å². The SMILES string of the molecule is N#CCCN(C(=O)Nc1ccc(C(=O)O)nc1)C1CC1. The molecular weight excluding hydrogens is 260 g/mol. The summed E-state index contributed by atoms with van der Waals surface area (Å²) in [6.45, 7) is 0.396. The summed E-state index contributed by atoms with van der Waals surface area (Å²) in [6.07, 6.45) is 3.50. The zero-order valence-electron chi connectivity index (χ0n) is 10.7. The highest BCUT2D eigenvalue weighted by Crippen LogP contribution is 2.27. The second-order valence-corrected chi connectivity index (χ2v) is 4.50. The summed E-state index contributed by atoms with van der Waals surface area (Å²) >= 11 is 0. The molecule has 1 fully saturated rings. The highest BCUT2D eigenvalue weighted by Gasteiger charge is 2.32. The zero-order valence-corrected chi connectivity index (χ0v) is 10.7. The smallest absolute Gasteiger partial charge is 0.354 e. The maximum absolute atomic E-state index is 12.1. The number of aromatic nitrogens is 1. The molecule has 1 saturated carbocycles. The number of aromatic carboxylic acids is 1. The minimum atomic E-state index is -1.11. The fraction of sp³-hybridized carbons (Fsp3) is 0.385. The number of nitrogens with zero attached hydrogens (tertiary/aromatic N) is 3. The molecular formula is C13H14N4O3. The predicted molar refractivity (Wildman–Crippen MR) is 70.2 cm³/mol. The van der Waals surface area contributed by atoms with Gasteiger partial charge >= 0.3 is 12.0 Å². The second kappa shape index (κ2) is 6.02. The van der Waals surface area contributed by atoms with Gasteiger partial charge in [0, 0.05) is 12.6 Å². The number of pyridine rings is 1. The Morgan fingerprint density at radius 3 is 2.75 bits per heavy atom. The number of nitrogens with one attached hydrogen (secondary N) is 1. The summed E-state index contributed by atoms with van der Waals surface area (Å²) in [7, 11) is 0. The third-order valence-electron chi connectivity index (χ3n) is 2.95. The van der Waals surface area contributed by atoms with Crippen LogP contribution in [0.25, 0.3) is 0 Å². The predicted octanol–water partition coefficient (Wildman–Crippen LogP) is 1.69. The maximum atomic E-state index is 12.1. The van der Waals surface area contributed by atoms with E-state index in [4.69, 9.17) is 10.4 Å². The molecule has 1 heterocycles. The zero-order chi connectivity index (χ0) is 14.5. The fourth-order valence-corrected chi connectivity index (χ4v) is 1.80. The molecule has 0 aliphatic heterocycles. The number of rotatable bonds is 5. The van der Waals surface area contributed by atoms with Crippen LogP contribution in [0.4, 0.5) is 10.5 Å². The van der Waals surface area contributed by atoms with Crippen LogP contribution >= 0.6 is 0 Å². The average Bonchev–Trinajstić information content (AvgIpc) is 3.24. The molecule has 7 nitrogen and oxygen atoms in total. The first kappa shape index (κ1) is 13.8. The molecule has 1 aromatic rings. The summed E-state index contributed by atoms with van der Waals surface area (Å²) < 4.78 is 0. The van der Waals surface area contributed by atoms with Crippen LogP contribution in [0.2, 0.25) is 0 Å². The van der Waals surface area contributed by atoms with E-state index in [1.165, 1.54) is 18.3 Å². The summed E-state index contributed by atoms with van der Waals surface area (Å²) in [5.74, 6) is -1.11. The van der Waals surface area contributed by atoms with Crippen molar-refractivity contribution < 1.29 is 14.7 Å². The minimum absolute atomic E-state index is 0.0773. The number of nitriles is 1. The Morgan fingerprint density at radius 2 is 2.25 bits per heavy atom. The van der Waals surface area contributed by atoms with E-state index in [1.807, 2.05) is 6.07 Å². The molecule has 1 aliphatic rings. The second-order valence-electron chi connectivity index (χ2n) is 4.50. The molecule has 0 aromatic carbocycles. The number of carboxylic acids is 1. The van der Waals surface area contributed by atoms with Crippen molar-refractivity contribution in [1.82, 2.24) is 9.88 Å². The van der Waals surface area contributed by atoms with Crippen molar-refractivity contribution in [2.75, 3.05) is 11.9 Å². The maximum Gasteiger partial charge on any atom is 0.354 e. The largest absolute Gasteiger partial charge is 0.477 e. The number of anilines is 1. The molecule has 1 aliphatic carbocycles. The van der Waals surface area contributed by atoms with Crippen LogP contribution in [0, 0.1) is 11.3 Å². The van der Waals surface area contributed by atoms with Gasteiger partial charge in [-0.3, -0.25) is 0 Å². The van der Waals surface area contributed by atoms with Gasteiger partial charge in [-0.15, -0.1) is 0 Å². The van der Waals surface area contributed by atoms with Crippen molar-refractivity contribution >= 4 is 17.7 Å². The topological polar surface area (TPSA) is 106 Å². The van der Waals surface area contributed by atoms with E-state index in [0.717, 1.165) is 12.8 Å². The van der Waals surface area contributed by atoms with Gasteiger partial charge in [0.15, 0.2) is 0 Å². The van der Waals surface area contributed by atoms with Gasteiger partial charge in [0.25, 0.3) is 0 Å². The molecule has 0 unspecified atom stereocenters. The first-order valence-corrected chi connectivity index (χ1v) is 6.25. The van der Waals surface area contributed by atoms with Crippen LogP contribution in [-0.2, 0) is 0 Å². The van der Waals surface area contributed by atoms with Crippen LogP contribution < -0.4 is 5.32 Å². The summed E-state index contributed by atoms with van der Waals surface area (Å²) in [4.78, 5) is 28.1. The lowest BCUT2D eigenvalue weighted by Gasteiger charge is -2.21. The van der Waals surface area contributed by atoms with Crippen LogP contribution in [0.3, 0.4) is 0 Å². The Labute approximate surface area is 115 Å². The molecule has 0 spiro atoms. The minimum Gasteiger partial charge on any atom is -0.477 e. The van der Waals surface area contributed by atoms with E-state index in [2.05, 4.69) is 10.3 Å². The Bertz CT molecular complexity index is 546. The van der Waals surface area contributed by atoms with Gasteiger partial charge in [0.05, 0.1) is 24.4 Å². The molecule has 2 N–H and O–H groups in total. The quantitative estimate of drug-likeness (QED) is 0.849. The van der Waals surface area contributed by atoms with E-state index in [-0.39, 0.29) is 17.8 Å². The number of hydrogen-bond donors (Lipinski definition) is 2. The van der Waals surface area contributed by atoms with Gasteiger partial charge in [0.1, 0.15) is 5.69 Å². The molecule has 0 bridgehead atoms. The highest BCUT2D eigenvalue weighted by atomic mass is 16.4. The molecule has 7 heteroatoms. The van der Waals surface area contributed by atoms with Crippen LogP contribution in [0.15, 0.2) is 18.3 Å². The lowest BCUT2D eigenvalue weighted by atomic mass is 10.3. The number of hydrogen-bond acceptors (Lipinski definition) is 4. The van der Waals surface area contributed by atoms with Crippen LogP contribution in [0.1, 0.15) is 29.8 Å². The Balaban J connectivity index is 1.98. The van der Waals surface area contributed by atoms with Crippen molar-refractivity contribution in [3.05, 3.63) is 24.0 Å². The van der Waals surface area contributed by atoms with Crippen LogP contribution in [-0.4, -0.2) is 39.6 Å². The third kappa shape index (κ3) is 3.45. The Kier molecular flexibility index (Phi) is 4.15. The van der Waals surface area contributed by atoms with E-state index < -0.39 is 5.97 Å². The fourth-order valence-electron chi connectivity index (χ4n) is 1.80. The van der Waals surface area contributed by atoms with Crippen molar-refractivity contribution in [3.63, 3.8) is 0 Å². The van der Waals surface area contributed by atoms with Crippen LogP contribution in [0.5, 0.6) is 0 Å². The Hall–Kier alpha value is -2.62. The molecule has 0 radical (unpaired) electrons. The standard InChI is InChI=1S/C13H14N4O3/c14-6-1-7-17(10-3-4-10)13(20)16-9-2-5-11(12(18)19)15-8-9/h2,5,8,10H,1,3-4,7H2,(H,16,20)(H,18,19). The molecule has 0 atom stereocenters. The molecule has 1 aromatic heterocycles. The lowest BCUT2D eigenvalue weighted by Crippen LogP contribution is -2.37. The number of urea groups is 1. The summed E-state index contributed by atoms with van der Waals surface area (Å²) in [5.41, 5.74) is 0.356. The molecule has 2 amide bonds. The van der Waals surface area contributed by atoms with Gasteiger partial charge in [-0.2, -0.15) is 5.26 Å². The van der Waals surface area contributed by atoms with Gasteiger partial charge in [-0.25, -0.2) is 14.6 Å². The third-order valence-corrected chi connectivity index (χ3v) is 2.95. The number of carboxylic acid groups (broad SMARTS) is 1. The lowest BCUT2D eigenvalue weighted by molar-refractivity contribution is 0.0690. The van der Waals surface area contributed by atoms with Crippen molar-refractivity contribution in [2.45, 2.75) is 25.3 Å². The summed E-state index contributed by atoms with van der Waals surface area (Å²) in [6, 6.07) is 4.76. The van der Waals surface area contributed by atoms with Crippen molar-refractivity contribution in [2.24, 2.45) is 0 Å². The monoisotopic (exact) mass is 274 g/mol. The van der Waals surface area contributed by atoms with Gasteiger partial charge in [0.2, 0.25) is 0 Å². The van der Waals surface area contributed by atoms with Gasteiger partial charge in [-0.1, -0.05) is 0 Å². The van der Waals surface area contributed by atoms with E-state index in [0.29, 0.717) is 18.7 Å². The normalized spacial score (nSPS) is 13.3. The first-order valence-electron chi connectivity index (χ1n) is 6.25. The van der Waals surface area contributed by atoms with Gasteiger partial charge < -0.3 is 15.3 Å². The molecule has 20 heavy (non-hydrogen) atoms. The number of carbonyl (C=O) groups is 2. The summed E-state index contributed by atoms with van der Waals surface area (Å²) in [5, 5.41) is 20.0. The van der Waals surface area contributed by atoms with Crippen molar-refractivity contribution in [3.8, 4) is 6.07 Å². The number of carbonyl (C=O) groups excluding carboxylic acids is 1. The van der Waals surface area contributed by atoms with E-state index in [9.17, 15) is 9.59 Å². The molecule has 0 saturated heterocycles.